The molecule has 1 aliphatic rings. The number of benzene rings is 5. The standard InChI is InChI=1S/C24H31FO3Si.C21H28O2Si.C20H23FO7/c1-18(17-22(25)23(26)27-6)19(2)28-29(24(3,4)5,20-13-9-7-10-14-20)21-15-11-8-12-16-21;1-17(16-22)18(2)23-24(21(3,4)5,19-12-8-6-9-13-19)20-14-10-7-11-15-20;1-10-7-14(21)18(24)19(25)15(22)6-4-5-12-8-13(27-3)9-16(23)17(12)20(26)28-11(10)2/h7-19H,1-6H3;6-18H,1-5H3;4-5,7-11,15,19,22-23,25H,6H2,1-3H3/b22-17+;;5-4+,14-7+/t18-,19+;17-,18+;10-,11+,15+,19+/m111/s1. The first-order valence-corrected chi connectivity index (χ1v) is 31.0. The Morgan fingerprint density at radius 1 is 0.704 bits per heavy atom. The lowest BCUT2D eigenvalue weighted by molar-refractivity contribution is -0.137. The molecule has 0 unspecified atom stereocenters. The zero-order valence-electron chi connectivity index (χ0n) is 49.2. The van der Waals surface area contributed by atoms with Gasteiger partial charge in [0.2, 0.25) is 11.6 Å². The molecule has 81 heavy (non-hydrogen) atoms. The van der Waals surface area contributed by atoms with E-state index in [4.69, 9.17) is 18.3 Å². The first kappa shape index (κ1) is 66.8. The molecular weight excluding hydrogens is 1070 g/mol. The molecule has 12 nitrogen and oxygen atoms in total. The van der Waals surface area contributed by atoms with Gasteiger partial charge in [0.05, 0.1) is 26.4 Å². The number of halogens is 2. The number of aliphatic hydroxyl groups excluding tert-OH is 2. The monoisotopic (exact) mass is 1150 g/mol. The number of carbonyl (C=O) groups is 4. The second-order valence-corrected chi connectivity index (χ2v) is 30.9. The van der Waals surface area contributed by atoms with Gasteiger partial charge in [-0.25, -0.2) is 14.0 Å². The number of ketones is 1. The Balaban J connectivity index is 0.000000263. The number of Topliss-reactive ketones (excluding diaryl/α,β-unsaturated/α-hetero) is 1. The number of ether oxygens (including phenoxy) is 3. The van der Waals surface area contributed by atoms with E-state index in [1.165, 1.54) is 68.8 Å². The molecule has 1 heterocycles. The predicted octanol–water partition coefficient (Wildman–Crippen LogP) is 10.5. The lowest BCUT2D eigenvalue weighted by Crippen LogP contribution is -2.67. The van der Waals surface area contributed by atoms with E-state index in [9.17, 15) is 43.3 Å². The fourth-order valence-electron chi connectivity index (χ4n) is 9.45. The highest BCUT2D eigenvalue weighted by atomic mass is 28.4. The number of phenolic OH excluding ortho intramolecular Hbond substituents is 1. The van der Waals surface area contributed by atoms with Crippen molar-refractivity contribution in [2.24, 2.45) is 17.8 Å². The molecule has 436 valence electrons. The normalized spacial score (nSPS) is 20.0. The maximum absolute atomic E-state index is 14.1. The van der Waals surface area contributed by atoms with Crippen LogP contribution in [0, 0.1) is 17.8 Å². The van der Waals surface area contributed by atoms with Crippen molar-refractivity contribution in [1.29, 1.82) is 0 Å². The minimum absolute atomic E-state index is 0.0629. The Morgan fingerprint density at radius 2 is 1.12 bits per heavy atom. The number of methoxy groups -OCH3 is 2. The average Bonchev–Trinajstić information content (AvgIpc) is 3.44. The maximum Gasteiger partial charge on any atom is 0.366 e. The summed E-state index contributed by atoms with van der Waals surface area (Å²) in [5.41, 5.74) is 0.136. The van der Waals surface area contributed by atoms with E-state index in [0.29, 0.717) is 0 Å². The zero-order valence-corrected chi connectivity index (χ0v) is 51.2. The zero-order chi connectivity index (χ0) is 60.5. The number of fused-ring (bicyclic) bond motifs is 1. The molecule has 6 rings (SSSR count). The van der Waals surface area contributed by atoms with Gasteiger partial charge in [-0.3, -0.25) is 4.79 Å². The maximum atomic E-state index is 14.1. The third-order valence-electron chi connectivity index (χ3n) is 14.6. The van der Waals surface area contributed by atoms with Crippen molar-refractivity contribution in [2.45, 2.75) is 130 Å². The molecule has 0 saturated carbocycles. The summed E-state index contributed by atoms with van der Waals surface area (Å²) in [4.78, 5) is 47.3. The van der Waals surface area contributed by atoms with Crippen LogP contribution in [0.5, 0.6) is 11.5 Å². The first-order chi connectivity index (χ1) is 38.1. The Kier molecular flexibility index (Phi) is 24.7. The lowest BCUT2D eigenvalue weighted by Gasteiger charge is -2.45. The number of phenols is 1. The van der Waals surface area contributed by atoms with E-state index in [2.05, 4.69) is 119 Å². The average molecular weight is 1150 g/mol. The van der Waals surface area contributed by atoms with Crippen LogP contribution >= 0.6 is 0 Å². The summed E-state index contributed by atoms with van der Waals surface area (Å²) in [6, 6.07) is 44.4. The number of hydrogen-bond acceptors (Lipinski definition) is 12. The molecule has 3 N–H and O–H groups in total. The summed E-state index contributed by atoms with van der Waals surface area (Å²) in [5, 5.41) is 34.7. The highest BCUT2D eigenvalue weighted by Crippen LogP contribution is 2.40. The quantitative estimate of drug-likeness (QED) is 0.0416. The van der Waals surface area contributed by atoms with E-state index in [1.54, 1.807) is 0 Å². The molecule has 8 atom stereocenters. The molecule has 0 amide bonds. The predicted molar refractivity (Wildman–Crippen MR) is 320 cm³/mol. The Hall–Kier alpha value is -6.67. The molecule has 0 spiro atoms. The molecule has 0 fully saturated rings. The minimum Gasteiger partial charge on any atom is -0.507 e. The minimum atomic E-state index is -2.73. The lowest BCUT2D eigenvalue weighted by atomic mass is 9.99. The van der Waals surface area contributed by atoms with Crippen molar-refractivity contribution in [2.75, 3.05) is 14.2 Å². The fraction of sp³-hybridized carbons (Fsp3) is 0.385. The van der Waals surface area contributed by atoms with Crippen LogP contribution in [0.1, 0.15) is 105 Å². The van der Waals surface area contributed by atoms with Crippen molar-refractivity contribution in [1.82, 2.24) is 0 Å². The second kappa shape index (κ2) is 29.9. The van der Waals surface area contributed by atoms with Crippen molar-refractivity contribution in [3.63, 3.8) is 0 Å². The second-order valence-electron chi connectivity index (χ2n) is 22.4. The summed E-state index contributed by atoms with van der Waals surface area (Å²) >= 11 is 0. The van der Waals surface area contributed by atoms with Crippen molar-refractivity contribution in [3.8, 4) is 11.5 Å². The Morgan fingerprint density at radius 3 is 1.51 bits per heavy atom. The molecule has 0 radical (unpaired) electrons. The third-order valence-corrected chi connectivity index (χ3v) is 24.9. The van der Waals surface area contributed by atoms with Gasteiger partial charge < -0.3 is 43.2 Å². The van der Waals surface area contributed by atoms with Gasteiger partial charge in [0.25, 0.3) is 16.6 Å². The Labute approximate surface area is 479 Å². The molecule has 5 aromatic rings. The third kappa shape index (κ3) is 16.7. The van der Waals surface area contributed by atoms with E-state index >= 15 is 0 Å². The molecular formula is C65H82F2O12Si2. The van der Waals surface area contributed by atoms with Gasteiger partial charge in [0.15, 0.2) is 5.83 Å². The summed E-state index contributed by atoms with van der Waals surface area (Å²) in [5.74, 6) is -6.39. The number of hydrogen-bond donors (Lipinski definition) is 3. The van der Waals surface area contributed by atoms with Crippen molar-refractivity contribution in [3.05, 3.63) is 174 Å². The van der Waals surface area contributed by atoms with E-state index < -0.39 is 70.2 Å². The number of aldehydes is 1. The van der Waals surface area contributed by atoms with Crippen LogP contribution in [0.15, 0.2) is 163 Å². The SMILES string of the molecule is COC(=O)/C(F)=C\[C@@H](C)[C@H](C)O[Si](c1ccccc1)(c1ccccc1)C(C)(C)C.COc1cc(O)c2c(c1)/C=C/C[C@H](O)[C@H](O)C(=O)/C(F)=C\[C@@H](C)[C@H](C)OC2=O.C[C@H](C=O)[C@H](C)O[Si](c1ccccc1)(c1ccccc1)C(C)(C)C. The van der Waals surface area contributed by atoms with E-state index in [0.717, 1.165) is 22.7 Å². The summed E-state index contributed by atoms with van der Waals surface area (Å²) in [6.07, 6.45) is 1.03. The number of esters is 2. The number of aromatic hydroxyl groups is 1. The summed E-state index contributed by atoms with van der Waals surface area (Å²) < 4.78 is 56.8. The van der Waals surface area contributed by atoms with E-state index in [1.807, 2.05) is 76.2 Å². The van der Waals surface area contributed by atoms with Gasteiger partial charge >= 0.3 is 11.9 Å². The molecule has 1 aliphatic heterocycles. The number of aliphatic hydroxyl groups is 2. The number of rotatable bonds is 14. The molecule has 5 aromatic carbocycles. The van der Waals surface area contributed by atoms with Crippen LogP contribution in [0.25, 0.3) is 6.08 Å². The fourth-order valence-corrected chi connectivity index (χ4v) is 19.0. The first-order valence-electron chi connectivity index (χ1n) is 27.2. The number of cyclic esters (lactones) is 1. The van der Waals surface area contributed by atoms with Crippen LogP contribution in [-0.2, 0) is 32.7 Å². The van der Waals surface area contributed by atoms with Gasteiger partial charge in [0.1, 0.15) is 35.6 Å². The summed E-state index contributed by atoms with van der Waals surface area (Å²) in [6.45, 7) is 24.1. The summed E-state index contributed by atoms with van der Waals surface area (Å²) in [7, 11) is -2.72. The Bertz CT molecular complexity index is 2840. The largest absolute Gasteiger partial charge is 0.507 e. The molecule has 16 heteroatoms. The molecule has 0 bridgehead atoms. The smallest absolute Gasteiger partial charge is 0.366 e. The van der Waals surface area contributed by atoms with Crippen LogP contribution in [0.4, 0.5) is 8.78 Å². The van der Waals surface area contributed by atoms with Gasteiger partial charge in [-0.15, -0.1) is 0 Å². The van der Waals surface area contributed by atoms with E-state index in [-0.39, 0.29) is 63.2 Å². The van der Waals surface area contributed by atoms with Gasteiger partial charge in [-0.1, -0.05) is 196 Å². The molecule has 0 saturated heterocycles. The van der Waals surface area contributed by atoms with Gasteiger partial charge in [0, 0.05) is 29.9 Å². The van der Waals surface area contributed by atoms with Crippen LogP contribution in [0.3, 0.4) is 0 Å². The van der Waals surface area contributed by atoms with Gasteiger partial charge in [-0.2, -0.15) is 4.39 Å². The van der Waals surface area contributed by atoms with Crippen molar-refractivity contribution < 1.29 is 66.3 Å². The highest BCUT2D eigenvalue weighted by Gasteiger charge is 2.52. The van der Waals surface area contributed by atoms with Crippen molar-refractivity contribution >= 4 is 67.5 Å². The van der Waals surface area contributed by atoms with Gasteiger partial charge in [-0.05, 0) is 81.8 Å². The van der Waals surface area contributed by atoms with Crippen LogP contribution < -0.4 is 25.5 Å². The topological polar surface area (TPSA) is 175 Å². The van der Waals surface area contributed by atoms with Crippen LogP contribution in [0.2, 0.25) is 10.1 Å². The number of carbonyl (C=O) groups excluding carboxylic acids is 4. The molecule has 0 aromatic heterocycles. The highest BCUT2D eigenvalue weighted by molar-refractivity contribution is 7.00. The van der Waals surface area contributed by atoms with Crippen LogP contribution in [-0.4, -0.2) is 101 Å². The molecule has 0 aliphatic carbocycles.